The number of imidazole rings is 1. The standard InChI is InChI=1S/C19H20N4O3/c1-23-12-11-21-18(23)16(22-19(24)14-8-4-5-10-20-14)13-7-6-9-15(25-2)17(13)26-3/h4-12,16H,1-3H3,(H,22,24)/t16-/m1/s1. The van der Waals surface area contributed by atoms with E-state index >= 15 is 0 Å². The van der Waals surface area contributed by atoms with Crippen LogP contribution in [0.3, 0.4) is 0 Å². The second kappa shape index (κ2) is 7.69. The molecule has 0 radical (unpaired) electrons. The monoisotopic (exact) mass is 352 g/mol. The van der Waals surface area contributed by atoms with Crippen LogP contribution < -0.4 is 14.8 Å². The van der Waals surface area contributed by atoms with Crippen molar-refractivity contribution in [2.24, 2.45) is 7.05 Å². The largest absolute Gasteiger partial charge is 0.493 e. The Morgan fingerprint density at radius 2 is 1.92 bits per heavy atom. The number of para-hydroxylation sites is 1. The van der Waals surface area contributed by atoms with E-state index in [0.717, 1.165) is 5.56 Å². The van der Waals surface area contributed by atoms with Crippen LogP contribution in [0.5, 0.6) is 11.5 Å². The van der Waals surface area contributed by atoms with Gasteiger partial charge in [0.2, 0.25) is 0 Å². The lowest BCUT2D eigenvalue weighted by molar-refractivity contribution is 0.0935. The van der Waals surface area contributed by atoms with E-state index in [1.165, 1.54) is 0 Å². The summed E-state index contributed by atoms with van der Waals surface area (Å²) in [4.78, 5) is 21.2. The molecule has 1 amide bonds. The Morgan fingerprint density at radius 1 is 1.08 bits per heavy atom. The highest BCUT2D eigenvalue weighted by Gasteiger charge is 2.26. The van der Waals surface area contributed by atoms with Gasteiger partial charge in [-0.15, -0.1) is 0 Å². The third-order valence-corrected chi connectivity index (χ3v) is 4.03. The third kappa shape index (κ3) is 3.37. The molecule has 1 aromatic carbocycles. The summed E-state index contributed by atoms with van der Waals surface area (Å²) in [6, 6.07) is 10.2. The minimum Gasteiger partial charge on any atom is -0.493 e. The Kier molecular flexibility index (Phi) is 5.17. The molecule has 1 atom stereocenters. The number of aryl methyl sites for hydroxylation is 1. The Hall–Kier alpha value is -3.35. The molecule has 26 heavy (non-hydrogen) atoms. The lowest BCUT2D eigenvalue weighted by Gasteiger charge is -2.22. The highest BCUT2D eigenvalue weighted by atomic mass is 16.5. The summed E-state index contributed by atoms with van der Waals surface area (Å²) >= 11 is 0. The van der Waals surface area contributed by atoms with Gasteiger partial charge in [-0.2, -0.15) is 0 Å². The van der Waals surface area contributed by atoms with E-state index in [4.69, 9.17) is 9.47 Å². The van der Waals surface area contributed by atoms with Crippen molar-refractivity contribution in [2.45, 2.75) is 6.04 Å². The summed E-state index contributed by atoms with van der Waals surface area (Å²) in [6.07, 6.45) is 5.08. The zero-order valence-electron chi connectivity index (χ0n) is 14.8. The summed E-state index contributed by atoms with van der Waals surface area (Å²) in [5.41, 5.74) is 1.07. The highest BCUT2D eigenvalue weighted by molar-refractivity contribution is 5.92. The number of aromatic nitrogens is 3. The molecule has 0 aliphatic carbocycles. The molecule has 7 heteroatoms. The number of pyridine rings is 1. The normalized spacial score (nSPS) is 11.7. The number of hydrogen-bond donors (Lipinski definition) is 1. The van der Waals surface area contributed by atoms with E-state index < -0.39 is 6.04 Å². The van der Waals surface area contributed by atoms with Crippen LogP contribution in [0.2, 0.25) is 0 Å². The molecule has 1 N–H and O–H groups in total. The van der Waals surface area contributed by atoms with E-state index in [0.29, 0.717) is 23.0 Å². The Bertz CT molecular complexity index is 893. The predicted octanol–water partition coefficient (Wildman–Crippen LogP) is 2.35. The molecular formula is C19H20N4O3. The van der Waals surface area contributed by atoms with Crippen LogP contribution >= 0.6 is 0 Å². The SMILES string of the molecule is COc1cccc([C@@H](NC(=O)c2ccccn2)c2nccn2C)c1OC. The maximum Gasteiger partial charge on any atom is 0.270 e. The van der Waals surface area contributed by atoms with Gasteiger partial charge in [0, 0.05) is 31.2 Å². The van der Waals surface area contributed by atoms with Gasteiger partial charge in [0.05, 0.1) is 14.2 Å². The lowest BCUT2D eigenvalue weighted by atomic mass is 10.0. The van der Waals surface area contributed by atoms with E-state index in [-0.39, 0.29) is 5.91 Å². The molecule has 0 aliphatic rings. The summed E-state index contributed by atoms with van der Waals surface area (Å²) in [5.74, 6) is 1.49. The van der Waals surface area contributed by atoms with Crippen molar-refractivity contribution in [3.05, 3.63) is 72.1 Å². The Morgan fingerprint density at radius 3 is 2.54 bits per heavy atom. The molecule has 0 spiro atoms. The first-order valence-corrected chi connectivity index (χ1v) is 8.05. The highest BCUT2D eigenvalue weighted by Crippen LogP contribution is 2.36. The van der Waals surface area contributed by atoms with Crippen LogP contribution in [-0.2, 0) is 7.05 Å². The zero-order valence-corrected chi connectivity index (χ0v) is 14.8. The van der Waals surface area contributed by atoms with E-state index in [2.05, 4.69) is 15.3 Å². The Labute approximate surface area is 151 Å². The number of nitrogens with zero attached hydrogens (tertiary/aromatic N) is 3. The molecule has 0 saturated carbocycles. The van der Waals surface area contributed by atoms with Crippen molar-refractivity contribution in [1.82, 2.24) is 19.9 Å². The number of nitrogens with one attached hydrogen (secondary N) is 1. The van der Waals surface area contributed by atoms with E-state index in [1.54, 1.807) is 50.9 Å². The molecule has 0 unspecified atom stereocenters. The van der Waals surface area contributed by atoms with E-state index in [9.17, 15) is 4.79 Å². The molecule has 0 bridgehead atoms. The maximum absolute atomic E-state index is 12.7. The van der Waals surface area contributed by atoms with Crippen LogP contribution in [0.25, 0.3) is 0 Å². The van der Waals surface area contributed by atoms with Crippen molar-refractivity contribution < 1.29 is 14.3 Å². The minimum atomic E-state index is -0.533. The average Bonchev–Trinajstić information content (AvgIpc) is 3.11. The number of ether oxygens (including phenoxy) is 2. The van der Waals surface area contributed by atoms with Crippen molar-refractivity contribution in [3.63, 3.8) is 0 Å². The zero-order chi connectivity index (χ0) is 18.5. The fraction of sp³-hybridized carbons (Fsp3) is 0.211. The van der Waals surface area contributed by atoms with Crippen LogP contribution in [-0.4, -0.2) is 34.7 Å². The van der Waals surface area contributed by atoms with E-state index in [1.807, 2.05) is 29.9 Å². The van der Waals surface area contributed by atoms with Crippen molar-refractivity contribution in [2.75, 3.05) is 14.2 Å². The van der Waals surface area contributed by atoms with Gasteiger partial charge in [0.1, 0.15) is 17.6 Å². The van der Waals surface area contributed by atoms with Crippen molar-refractivity contribution in [3.8, 4) is 11.5 Å². The molecule has 2 heterocycles. The van der Waals surface area contributed by atoms with Gasteiger partial charge in [-0.05, 0) is 18.2 Å². The van der Waals surface area contributed by atoms with Gasteiger partial charge in [0.25, 0.3) is 5.91 Å². The van der Waals surface area contributed by atoms with Crippen LogP contribution in [0.1, 0.15) is 27.9 Å². The number of methoxy groups -OCH3 is 2. The summed E-state index contributed by atoms with van der Waals surface area (Å²) in [7, 11) is 5.01. The van der Waals surface area contributed by atoms with Crippen LogP contribution in [0.4, 0.5) is 0 Å². The predicted molar refractivity (Wildman–Crippen MR) is 96.3 cm³/mol. The number of benzene rings is 1. The summed E-state index contributed by atoms with van der Waals surface area (Å²) < 4.78 is 12.8. The number of hydrogen-bond acceptors (Lipinski definition) is 5. The fourth-order valence-corrected chi connectivity index (χ4v) is 2.78. The average molecular weight is 352 g/mol. The van der Waals surface area contributed by atoms with Gasteiger partial charge in [-0.25, -0.2) is 4.98 Å². The van der Waals surface area contributed by atoms with Crippen molar-refractivity contribution >= 4 is 5.91 Å². The first-order valence-electron chi connectivity index (χ1n) is 8.05. The molecule has 0 aliphatic heterocycles. The molecule has 3 aromatic rings. The third-order valence-electron chi connectivity index (χ3n) is 4.03. The molecular weight excluding hydrogens is 332 g/mol. The quantitative estimate of drug-likeness (QED) is 0.737. The number of carbonyl (C=O) groups excluding carboxylic acids is 1. The summed E-state index contributed by atoms with van der Waals surface area (Å²) in [6.45, 7) is 0. The lowest BCUT2D eigenvalue weighted by Crippen LogP contribution is -2.32. The van der Waals surface area contributed by atoms with Crippen LogP contribution in [0.15, 0.2) is 55.0 Å². The topological polar surface area (TPSA) is 78.3 Å². The van der Waals surface area contributed by atoms with Gasteiger partial charge in [-0.1, -0.05) is 18.2 Å². The minimum absolute atomic E-state index is 0.302. The van der Waals surface area contributed by atoms with Gasteiger partial charge in [0.15, 0.2) is 11.5 Å². The first-order chi connectivity index (χ1) is 12.7. The molecule has 2 aromatic heterocycles. The molecule has 134 valence electrons. The number of rotatable bonds is 6. The van der Waals surface area contributed by atoms with Crippen molar-refractivity contribution in [1.29, 1.82) is 0 Å². The van der Waals surface area contributed by atoms with Gasteiger partial charge < -0.3 is 19.4 Å². The first kappa shape index (κ1) is 17.5. The molecule has 0 saturated heterocycles. The smallest absolute Gasteiger partial charge is 0.270 e. The van der Waals surface area contributed by atoms with Gasteiger partial charge >= 0.3 is 0 Å². The fourth-order valence-electron chi connectivity index (χ4n) is 2.78. The molecule has 0 fully saturated rings. The van der Waals surface area contributed by atoms with Gasteiger partial charge in [-0.3, -0.25) is 9.78 Å². The maximum atomic E-state index is 12.7. The molecule has 7 nitrogen and oxygen atoms in total. The number of amides is 1. The molecule has 3 rings (SSSR count). The number of carbonyl (C=O) groups is 1. The second-order valence-electron chi connectivity index (χ2n) is 5.60. The Balaban J connectivity index is 2.06. The van der Waals surface area contributed by atoms with Crippen LogP contribution in [0, 0.1) is 0 Å². The second-order valence-corrected chi connectivity index (χ2v) is 5.60. The summed E-state index contributed by atoms with van der Waals surface area (Å²) in [5, 5.41) is 3.00.